The van der Waals surface area contributed by atoms with Gasteiger partial charge in [-0.2, -0.15) is 13.2 Å². The Hall–Kier alpha value is -2.25. The van der Waals surface area contributed by atoms with Gasteiger partial charge in [-0.25, -0.2) is 0 Å². The fourth-order valence-electron chi connectivity index (χ4n) is 2.02. The molecule has 0 radical (unpaired) electrons. The van der Waals surface area contributed by atoms with Gasteiger partial charge in [0.25, 0.3) is 0 Å². The van der Waals surface area contributed by atoms with E-state index in [2.05, 4.69) is 0 Å². The number of hydrogen-bond donors (Lipinski definition) is 2. The highest BCUT2D eigenvalue weighted by atomic mass is 35.5. The summed E-state index contributed by atoms with van der Waals surface area (Å²) in [6, 6.07) is 10.5. The summed E-state index contributed by atoms with van der Waals surface area (Å²) in [5, 5.41) is 8.76. The maximum atomic E-state index is 12.5. The van der Waals surface area contributed by atoms with Crippen LogP contribution in [0.15, 0.2) is 48.5 Å². The van der Waals surface area contributed by atoms with E-state index in [9.17, 15) is 18.0 Å². The molecule has 0 heterocycles. The van der Waals surface area contributed by atoms with Crippen LogP contribution in [0.5, 0.6) is 5.75 Å². The number of benzene rings is 2. The molecule has 136 valence electrons. The summed E-state index contributed by atoms with van der Waals surface area (Å²) in [6.07, 6.45) is -4.15. The van der Waals surface area contributed by atoms with E-state index in [1.54, 1.807) is 24.3 Å². The molecule has 4 nitrogen and oxygen atoms in total. The average Bonchev–Trinajstić information content (AvgIpc) is 2.53. The van der Waals surface area contributed by atoms with Gasteiger partial charge in [0, 0.05) is 0 Å². The second-order valence-electron chi connectivity index (χ2n) is 5.28. The van der Waals surface area contributed by atoms with E-state index in [1.165, 1.54) is 12.1 Å². The number of halogens is 4. The van der Waals surface area contributed by atoms with E-state index in [1.807, 2.05) is 0 Å². The minimum absolute atomic E-state index is 0. The molecule has 0 aliphatic carbocycles. The third kappa shape index (κ3) is 6.28. The van der Waals surface area contributed by atoms with Crippen molar-refractivity contribution < 1.29 is 27.8 Å². The number of rotatable bonds is 6. The van der Waals surface area contributed by atoms with Crippen LogP contribution in [0, 0.1) is 0 Å². The van der Waals surface area contributed by atoms with Crippen molar-refractivity contribution in [2.45, 2.75) is 25.2 Å². The Morgan fingerprint density at radius 3 is 2.04 bits per heavy atom. The van der Waals surface area contributed by atoms with E-state index in [-0.39, 0.29) is 25.4 Å². The molecule has 0 spiro atoms. The number of carboxylic acid groups (broad SMARTS) is 1. The van der Waals surface area contributed by atoms with Crippen LogP contribution in [0.4, 0.5) is 13.2 Å². The van der Waals surface area contributed by atoms with Crippen LogP contribution in [-0.2, 0) is 24.0 Å². The van der Waals surface area contributed by atoms with Crippen molar-refractivity contribution in [2.75, 3.05) is 0 Å². The maximum absolute atomic E-state index is 12.5. The number of carboxylic acids is 1. The first kappa shape index (κ1) is 20.8. The van der Waals surface area contributed by atoms with Gasteiger partial charge in [-0.05, 0) is 41.8 Å². The molecule has 25 heavy (non-hydrogen) atoms. The lowest BCUT2D eigenvalue weighted by Crippen LogP contribution is -2.32. The lowest BCUT2D eigenvalue weighted by atomic mass is 10.1. The first-order valence-corrected chi connectivity index (χ1v) is 7.12. The van der Waals surface area contributed by atoms with Crippen LogP contribution in [-0.4, -0.2) is 17.1 Å². The highest BCUT2D eigenvalue weighted by Crippen LogP contribution is 2.29. The molecule has 0 bridgehead atoms. The molecule has 2 rings (SSSR count). The average molecular weight is 376 g/mol. The summed E-state index contributed by atoms with van der Waals surface area (Å²) in [5.41, 5.74) is 6.12. The smallest absolute Gasteiger partial charge is 0.416 e. The number of hydrogen-bond acceptors (Lipinski definition) is 3. The Balaban J connectivity index is 0.00000312. The van der Waals surface area contributed by atoms with Crippen molar-refractivity contribution in [1.29, 1.82) is 0 Å². The predicted octanol–water partition coefficient (Wildman–Crippen LogP) is 3.66. The largest absolute Gasteiger partial charge is 0.489 e. The van der Waals surface area contributed by atoms with Crippen molar-refractivity contribution in [3.8, 4) is 5.75 Å². The van der Waals surface area contributed by atoms with Crippen molar-refractivity contribution in [3.63, 3.8) is 0 Å². The zero-order chi connectivity index (χ0) is 17.7. The molecule has 0 amide bonds. The van der Waals surface area contributed by atoms with Crippen LogP contribution in [0.25, 0.3) is 0 Å². The van der Waals surface area contributed by atoms with Gasteiger partial charge in [0.05, 0.1) is 5.56 Å². The third-order valence-electron chi connectivity index (χ3n) is 3.38. The molecule has 2 aromatic carbocycles. The molecule has 2 aromatic rings. The van der Waals surface area contributed by atoms with Gasteiger partial charge in [0.15, 0.2) is 0 Å². The molecule has 0 saturated heterocycles. The Kier molecular flexibility index (Phi) is 7.26. The van der Waals surface area contributed by atoms with Crippen molar-refractivity contribution >= 4 is 18.4 Å². The molecule has 0 fully saturated rings. The fourth-order valence-corrected chi connectivity index (χ4v) is 2.02. The van der Waals surface area contributed by atoms with Crippen molar-refractivity contribution in [2.24, 2.45) is 5.73 Å². The van der Waals surface area contributed by atoms with E-state index >= 15 is 0 Å². The normalized spacial score (nSPS) is 12.2. The van der Waals surface area contributed by atoms with Gasteiger partial charge >= 0.3 is 12.1 Å². The molecule has 0 aliphatic heterocycles. The minimum atomic E-state index is -4.36. The molecule has 0 unspecified atom stereocenters. The highest BCUT2D eigenvalue weighted by molar-refractivity contribution is 5.85. The SMILES string of the molecule is Cl.N[C@@H](Cc1ccc(OCc2ccc(C(F)(F)F)cc2)cc1)C(=O)O. The Bertz CT molecular complexity index is 688. The minimum Gasteiger partial charge on any atom is -0.489 e. The highest BCUT2D eigenvalue weighted by Gasteiger charge is 2.29. The van der Waals surface area contributed by atoms with Gasteiger partial charge in [-0.1, -0.05) is 24.3 Å². The number of ether oxygens (including phenoxy) is 1. The Labute approximate surface area is 148 Å². The van der Waals surface area contributed by atoms with E-state index in [4.69, 9.17) is 15.6 Å². The van der Waals surface area contributed by atoms with Crippen LogP contribution in [0.1, 0.15) is 16.7 Å². The topological polar surface area (TPSA) is 72.5 Å². The molecule has 3 N–H and O–H groups in total. The quantitative estimate of drug-likeness (QED) is 0.808. The lowest BCUT2D eigenvalue weighted by molar-refractivity contribution is -0.139. The second kappa shape index (κ2) is 8.73. The summed E-state index contributed by atoms with van der Waals surface area (Å²) in [5.74, 6) is -0.542. The van der Waals surface area contributed by atoms with Crippen LogP contribution < -0.4 is 10.5 Å². The van der Waals surface area contributed by atoms with Crippen molar-refractivity contribution in [3.05, 3.63) is 65.2 Å². The number of carbonyl (C=O) groups is 1. The van der Waals surface area contributed by atoms with Crippen molar-refractivity contribution in [1.82, 2.24) is 0 Å². The van der Waals surface area contributed by atoms with Gasteiger partial charge < -0.3 is 15.6 Å². The molecule has 0 aliphatic rings. The maximum Gasteiger partial charge on any atom is 0.416 e. The number of alkyl halides is 3. The Morgan fingerprint density at radius 2 is 1.56 bits per heavy atom. The standard InChI is InChI=1S/C17H16F3NO3.ClH/c18-17(19,20)13-5-1-12(2-6-13)10-24-14-7-3-11(4-8-14)9-15(21)16(22)23;/h1-8,15H,9-10,21H2,(H,22,23);1H/t15-;/m0./s1. The van der Waals surface area contributed by atoms with Gasteiger partial charge in [0.1, 0.15) is 18.4 Å². The van der Waals surface area contributed by atoms with Gasteiger partial charge in [0.2, 0.25) is 0 Å². The lowest BCUT2D eigenvalue weighted by Gasteiger charge is -2.10. The Morgan fingerprint density at radius 1 is 1.04 bits per heavy atom. The monoisotopic (exact) mass is 375 g/mol. The zero-order valence-electron chi connectivity index (χ0n) is 13.0. The summed E-state index contributed by atoms with van der Waals surface area (Å²) in [6.45, 7) is 0.131. The molecular weight excluding hydrogens is 359 g/mol. The molecule has 0 aromatic heterocycles. The van der Waals surface area contributed by atoms with Crippen LogP contribution >= 0.6 is 12.4 Å². The molecule has 1 atom stereocenters. The van der Waals surface area contributed by atoms with E-state index in [0.29, 0.717) is 11.3 Å². The third-order valence-corrected chi connectivity index (χ3v) is 3.38. The second-order valence-corrected chi connectivity index (χ2v) is 5.28. The molecule has 0 saturated carbocycles. The molecule has 8 heteroatoms. The first-order chi connectivity index (χ1) is 11.3. The fraction of sp³-hybridized carbons (Fsp3) is 0.235. The predicted molar refractivity (Wildman–Crippen MR) is 88.8 cm³/mol. The number of nitrogens with two attached hydrogens (primary N) is 1. The first-order valence-electron chi connectivity index (χ1n) is 7.12. The van der Waals surface area contributed by atoms with Gasteiger partial charge in [-0.3, -0.25) is 4.79 Å². The summed E-state index contributed by atoms with van der Waals surface area (Å²) in [7, 11) is 0. The number of aliphatic carboxylic acids is 1. The van der Waals surface area contributed by atoms with E-state index < -0.39 is 23.8 Å². The van der Waals surface area contributed by atoms with Crippen LogP contribution in [0.3, 0.4) is 0 Å². The zero-order valence-corrected chi connectivity index (χ0v) is 13.8. The van der Waals surface area contributed by atoms with E-state index in [0.717, 1.165) is 17.7 Å². The molecular formula is C17H17ClF3NO3. The summed E-state index contributed by atoms with van der Waals surface area (Å²) < 4.78 is 42.9. The van der Waals surface area contributed by atoms with Gasteiger partial charge in [-0.15, -0.1) is 12.4 Å². The summed E-state index contributed by atoms with van der Waals surface area (Å²) >= 11 is 0. The van der Waals surface area contributed by atoms with Crippen LogP contribution in [0.2, 0.25) is 0 Å². The summed E-state index contributed by atoms with van der Waals surface area (Å²) in [4.78, 5) is 10.7.